The molecule has 1 rings (SSSR count). The molecule has 82 valence electrons. The van der Waals surface area contributed by atoms with Crippen LogP contribution >= 0.6 is 23.2 Å². The van der Waals surface area contributed by atoms with Crippen molar-refractivity contribution < 1.29 is 9.90 Å². The highest BCUT2D eigenvalue weighted by atomic mass is 35.5. The lowest BCUT2D eigenvalue weighted by Gasteiger charge is -2.19. The van der Waals surface area contributed by atoms with Gasteiger partial charge >= 0.3 is 5.97 Å². The van der Waals surface area contributed by atoms with Crippen LogP contribution in [-0.2, 0) is 11.2 Å². The smallest absolute Gasteiger partial charge is 0.309 e. The molecule has 1 N–H and O–H groups in total. The molecule has 0 aromatic heterocycles. The van der Waals surface area contributed by atoms with Gasteiger partial charge in [0, 0.05) is 0 Å². The second-order valence-corrected chi connectivity index (χ2v) is 4.93. The summed E-state index contributed by atoms with van der Waals surface area (Å²) in [7, 11) is 0. The zero-order chi connectivity index (χ0) is 11.6. The fourth-order valence-electron chi connectivity index (χ4n) is 1.24. The molecule has 4 heteroatoms. The van der Waals surface area contributed by atoms with Gasteiger partial charge in [-0.05, 0) is 38.0 Å². The standard InChI is InChI=1S/C11H12Cl2O2/c1-11(2,10(14)15)6-7-3-4-8(12)9(13)5-7/h3-5H,6H2,1-2H3,(H,14,15). The van der Waals surface area contributed by atoms with Crippen molar-refractivity contribution in [2.24, 2.45) is 5.41 Å². The first kappa shape index (κ1) is 12.3. The van der Waals surface area contributed by atoms with Crippen LogP contribution in [0.2, 0.25) is 10.0 Å². The predicted octanol–water partition coefficient (Wildman–Crippen LogP) is 3.65. The zero-order valence-corrected chi connectivity index (χ0v) is 10.1. The van der Waals surface area contributed by atoms with Gasteiger partial charge in [0.05, 0.1) is 15.5 Å². The van der Waals surface area contributed by atoms with E-state index in [1.54, 1.807) is 32.0 Å². The first-order valence-electron chi connectivity index (χ1n) is 4.50. The molecule has 0 heterocycles. The SMILES string of the molecule is CC(C)(Cc1ccc(Cl)c(Cl)c1)C(=O)O. The lowest BCUT2D eigenvalue weighted by Crippen LogP contribution is -2.26. The number of hydrogen-bond donors (Lipinski definition) is 1. The molecular formula is C11H12Cl2O2. The molecule has 1 aromatic rings. The highest BCUT2D eigenvalue weighted by Crippen LogP contribution is 2.27. The van der Waals surface area contributed by atoms with Crippen LogP contribution in [-0.4, -0.2) is 11.1 Å². The van der Waals surface area contributed by atoms with Crippen LogP contribution in [0.25, 0.3) is 0 Å². The number of benzene rings is 1. The van der Waals surface area contributed by atoms with Crippen molar-refractivity contribution in [1.82, 2.24) is 0 Å². The summed E-state index contributed by atoms with van der Waals surface area (Å²) in [6, 6.07) is 5.17. The van der Waals surface area contributed by atoms with Crippen LogP contribution in [0.5, 0.6) is 0 Å². The Bertz CT molecular complexity index is 386. The molecule has 0 aliphatic heterocycles. The van der Waals surface area contributed by atoms with E-state index in [9.17, 15) is 4.79 Å². The molecule has 15 heavy (non-hydrogen) atoms. The van der Waals surface area contributed by atoms with E-state index in [4.69, 9.17) is 28.3 Å². The number of carboxylic acid groups (broad SMARTS) is 1. The van der Waals surface area contributed by atoms with Crippen LogP contribution in [0.4, 0.5) is 0 Å². The van der Waals surface area contributed by atoms with Crippen molar-refractivity contribution in [2.45, 2.75) is 20.3 Å². The molecule has 0 atom stereocenters. The average Bonchev–Trinajstić information content (AvgIpc) is 2.10. The Balaban J connectivity index is 2.91. The van der Waals surface area contributed by atoms with Crippen LogP contribution < -0.4 is 0 Å². The molecule has 0 radical (unpaired) electrons. The molecule has 0 bridgehead atoms. The van der Waals surface area contributed by atoms with Crippen LogP contribution in [0.1, 0.15) is 19.4 Å². The maximum absolute atomic E-state index is 10.9. The largest absolute Gasteiger partial charge is 0.481 e. The first-order chi connectivity index (χ1) is 6.83. The molecule has 0 unspecified atom stereocenters. The average molecular weight is 247 g/mol. The van der Waals surface area contributed by atoms with Gasteiger partial charge < -0.3 is 5.11 Å². The summed E-state index contributed by atoms with van der Waals surface area (Å²) in [4.78, 5) is 10.9. The molecule has 0 aliphatic rings. The quantitative estimate of drug-likeness (QED) is 0.885. The van der Waals surface area contributed by atoms with Crippen molar-refractivity contribution >= 4 is 29.2 Å². The number of aliphatic carboxylic acids is 1. The van der Waals surface area contributed by atoms with Crippen molar-refractivity contribution in [3.8, 4) is 0 Å². The monoisotopic (exact) mass is 246 g/mol. The number of hydrogen-bond acceptors (Lipinski definition) is 1. The van der Waals surface area contributed by atoms with Gasteiger partial charge in [-0.1, -0.05) is 29.3 Å². The third-order valence-corrected chi connectivity index (χ3v) is 2.95. The van der Waals surface area contributed by atoms with Crippen LogP contribution in [0.3, 0.4) is 0 Å². The molecular weight excluding hydrogens is 235 g/mol. The van der Waals surface area contributed by atoms with Crippen molar-refractivity contribution in [1.29, 1.82) is 0 Å². The lowest BCUT2D eigenvalue weighted by atomic mass is 9.86. The summed E-state index contributed by atoms with van der Waals surface area (Å²) in [6.07, 6.45) is 0.430. The molecule has 0 spiro atoms. The van der Waals surface area contributed by atoms with Crippen molar-refractivity contribution in [3.05, 3.63) is 33.8 Å². The Morgan fingerprint density at radius 1 is 1.33 bits per heavy atom. The van der Waals surface area contributed by atoms with Crippen molar-refractivity contribution in [3.63, 3.8) is 0 Å². The molecule has 1 aromatic carbocycles. The Morgan fingerprint density at radius 3 is 2.40 bits per heavy atom. The summed E-state index contributed by atoms with van der Waals surface area (Å²) in [5, 5.41) is 9.90. The van der Waals surface area contributed by atoms with E-state index in [1.807, 2.05) is 0 Å². The Hall–Kier alpha value is -0.730. The normalized spacial score (nSPS) is 11.5. The van der Waals surface area contributed by atoms with Gasteiger partial charge in [-0.25, -0.2) is 0 Å². The van der Waals surface area contributed by atoms with E-state index in [0.29, 0.717) is 16.5 Å². The molecule has 0 saturated carbocycles. The zero-order valence-electron chi connectivity index (χ0n) is 8.55. The number of carboxylic acids is 1. The van der Waals surface area contributed by atoms with Gasteiger partial charge in [-0.2, -0.15) is 0 Å². The third kappa shape index (κ3) is 3.11. The first-order valence-corrected chi connectivity index (χ1v) is 5.26. The Kier molecular flexibility index (Phi) is 3.63. The summed E-state index contributed by atoms with van der Waals surface area (Å²) in [5.74, 6) is -0.825. The summed E-state index contributed by atoms with van der Waals surface area (Å²) in [5.41, 5.74) is 0.0776. The van der Waals surface area contributed by atoms with Gasteiger partial charge in [0.2, 0.25) is 0 Å². The van der Waals surface area contributed by atoms with Gasteiger partial charge in [0.25, 0.3) is 0 Å². The highest BCUT2D eigenvalue weighted by molar-refractivity contribution is 6.42. The maximum atomic E-state index is 10.9. The Morgan fingerprint density at radius 2 is 1.93 bits per heavy atom. The number of rotatable bonds is 3. The highest BCUT2D eigenvalue weighted by Gasteiger charge is 2.27. The maximum Gasteiger partial charge on any atom is 0.309 e. The molecule has 0 fully saturated rings. The fourth-order valence-corrected chi connectivity index (χ4v) is 1.56. The van der Waals surface area contributed by atoms with E-state index in [2.05, 4.69) is 0 Å². The third-order valence-electron chi connectivity index (χ3n) is 2.21. The van der Waals surface area contributed by atoms with Crippen LogP contribution in [0, 0.1) is 5.41 Å². The van der Waals surface area contributed by atoms with E-state index in [-0.39, 0.29) is 0 Å². The summed E-state index contributed by atoms with van der Waals surface area (Å²) < 4.78 is 0. The van der Waals surface area contributed by atoms with Crippen molar-refractivity contribution in [2.75, 3.05) is 0 Å². The van der Waals surface area contributed by atoms with Gasteiger partial charge in [-0.3, -0.25) is 4.79 Å². The minimum atomic E-state index is -0.825. The second-order valence-electron chi connectivity index (χ2n) is 4.11. The molecule has 2 nitrogen and oxygen atoms in total. The van der Waals surface area contributed by atoms with E-state index >= 15 is 0 Å². The topological polar surface area (TPSA) is 37.3 Å². The molecule has 0 amide bonds. The Labute approximate surface area is 98.8 Å². The van der Waals surface area contributed by atoms with E-state index in [0.717, 1.165) is 5.56 Å². The minimum Gasteiger partial charge on any atom is -0.481 e. The lowest BCUT2D eigenvalue weighted by molar-refractivity contribution is -0.146. The fraction of sp³-hybridized carbons (Fsp3) is 0.364. The van der Waals surface area contributed by atoms with Gasteiger partial charge in [0.15, 0.2) is 0 Å². The van der Waals surface area contributed by atoms with E-state index < -0.39 is 11.4 Å². The molecule has 0 saturated heterocycles. The van der Waals surface area contributed by atoms with Gasteiger partial charge in [0.1, 0.15) is 0 Å². The minimum absolute atomic E-state index is 0.430. The predicted molar refractivity (Wildman–Crippen MR) is 61.6 cm³/mol. The molecule has 0 aliphatic carbocycles. The van der Waals surface area contributed by atoms with Gasteiger partial charge in [-0.15, -0.1) is 0 Å². The number of halogens is 2. The van der Waals surface area contributed by atoms with Crippen LogP contribution in [0.15, 0.2) is 18.2 Å². The second kappa shape index (κ2) is 4.42. The summed E-state index contributed by atoms with van der Waals surface area (Å²) >= 11 is 11.6. The summed E-state index contributed by atoms with van der Waals surface area (Å²) in [6.45, 7) is 3.36. The van der Waals surface area contributed by atoms with E-state index in [1.165, 1.54) is 0 Å². The number of carbonyl (C=O) groups is 1.